The minimum atomic E-state index is -0.212. The minimum absolute atomic E-state index is 0.201. The van der Waals surface area contributed by atoms with Gasteiger partial charge in [0.25, 0.3) is 11.8 Å². The number of hydrogen-bond donors (Lipinski definition) is 0. The molecule has 3 rings (SSSR count). The molecule has 0 atom stereocenters. The van der Waals surface area contributed by atoms with E-state index >= 15 is 0 Å². The third-order valence-electron chi connectivity index (χ3n) is 4.42. The van der Waals surface area contributed by atoms with Crippen molar-refractivity contribution < 1.29 is 14.3 Å². The Balaban J connectivity index is 1.89. The lowest BCUT2D eigenvalue weighted by Gasteiger charge is -2.14. The Morgan fingerprint density at radius 1 is 0.963 bits per heavy atom. The molecule has 0 N–H and O–H groups in total. The number of carbonyl (C=O) groups is 2. The molecule has 140 valence electrons. The lowest BCUT2D eigenvalue weighted by Crippen LogP contribution is -2.33. The molecule has 0 bridgehead atoms. The number of ether oxygens (including phenoxy) is 1. The molecule has 5 heteroatoms. The molecule has 2 aromatic carbocycles. The highest BCUT2D eigenvalue weighted by Gasteiger charge is 2.38. The van der Waals surface area contributed by atoms with Gasteiger partial charge in [0.2, 0.25) is 0 Å². The second-order valence-electron chi connectivity index (χ2n) is 6.45. The first kappa shape index (κ1) is 19.4. The van der Waals surface area contributed by atoms with Crippen LogP contribution in [-0.4, -0.2) is 37.0 Å². The lowest BCUT2D eigenvalue weighted by atomic mass is 10.0. The van der Waals surface area contributed by atoms with E-state index in [0.717, 1.165) is 16.7 Å². The fourth-order valence-electron chi connectivity index (χ4n) is 2.96. The van der Waals surface area contributed by atoms with Crippen molar-refractivity contribution in [2.45, 2.75) is 19.1 Å². The number of rotatable bonds is 8. The Labute approximate surface area is 164 Å². The first-order valence-electron chi connectivity index (χ1n) is 8.95. The summed E-state index contributed by atoms with van der Waals surface area (Å²) in [7, 11) is 1.62. The monoisotopic (exact) mass is 381 g/mol. The van der Waals surface area contributed by atoms with Crippen LogP contribution in [0.15, 0.2) is 59.5 Å². The first-order valence-corrected chi connectivity index (χ1v) is 9.93. The van der Waals surface area contributed by atoms with Crippen molar-refractivity contribution in [2.75, 3.05) is 20.3 Å². The summed E-state index contributed by atoms with van der Waals surface area (Å²) >= 11 is 1.44. The van der Waals surface area contributed by atoms with Crippen molar-refractivity contribution in [3.63, 3.8) is 0 Å². The number of hydrogen-bond acceptors (Lipinski definition) is 4. The number of carbonyl (C=O) groups excluding carboxylic acids is 2. The average Bonchev–Trinajstić information content (AvgIpc) is 2.92. The molecule has 0 radical (unpaired) electrons. The Morgan fingerprint density at radius 3 is 2.33 bits per heavy atom. The van der Waals surface area contributed by atoms with Gasteiger partial charge in [0.1, 0.15) is 0 Å². The summed E-state index contributed by atoms with van der Waals surface area (Å²) in [6.45, 7) is 2.89. The van der Waals surface area contributed by atoms with Crippen LogP contribution in [0.4, 0.5) is 0 Å². The second kappa shape index (κ2) is 9.02. The van der Waals surface area contributed by atoms with Gasteiger partial charge in [-0.2, -0.15) is 0 Å². The molecule has 1 heterocycles. The molecule has 0 fully saturated rings. The van der Waals surface area contributed by atoms with Gasteiger partial charge in [-0.05, 0) is 24.5 Å². The molecule has 27 heavy (non-hydrogen) atoms. The molecule has 1 aliphatic rings. The lowest BCUT2D eigenvalue weighted by molar-refractivity contribution is -0.136. The van der Waals surface area contributed by atoms with Crippen molar-refractivity contribution >= 4 is 29.1 Å². The third kappa shape index (κ3) is 4.49. The van der Waals surface area contributed by atoms with E-state index in [0.29, 0.717) is 35.8 Å². The van der Waals surface area contributed by atoms with Gasteiger partial charge in [0.15, 0.2) is 0 Å². The van der Waals surface area contributed by atoms with Crippen molar-refractivity contribution in [1.82, 2.24) is 4.90 Å². The Kier molecular flexibility index (Phi) is 6.48. The van der Waals surface area contributed by atoms with Crippen molar-refractivity contribution in [3.8, 4) is 0 Å². The highest BCUT2D eigenvalue weighted by molar-refractivity contribution is 8.03. The van der Waals surface area contributed by atoms with E-state index in [1.165, 1.54) is 16.7 Å². The molecule has 4 nitrogen and oxygen atoms in total. The van der Waals surface area contributed by atoms with Crippen LogP contribution in [0.5, 0.6) is 0 Å². The van der Waals surface area contributed by atoms with Gasteiger partial charge in [0, 0.05) is 26.0 Å². The van der Waals surface area contributed by atoms with Crippen molar-refractivity contribution in [3.05, 3.63) is 76.2 Å². The predicted octanol–water partition coefficient (Wildman–Crippen LogP) is 4.04. The molecule has 2 aromatic rings. The van der Waals surface area contributed by atoms with Crippen LogP contribution in [0, 0.1) is 6.92 Å². The number of benzene rings is 2. The number of thioether (sulfide) groups is 1. The summed E-state index contributed by atoms with van der Waals surface area (Å²) in [5.41, 5.74) is 3.55. The maximum atomic E-state index is 13.0. The van der Waals surface area contributed by atoms with Crippen LogP contribution >= 0.6 is 11.8 Å². The van der Waals surface area contributed by atoms with Gasteiger partial charge in [-0.3, -0.25) is 14.5 Å². The molecule has 0 saturated heterocycles. The van der Waals surface area contributed by atoms with Crippen LogP contribution in [0.1, 0.15) is 23.1 Å². The SMILES string of the molecule is COCCCN1C(=O)C(SCc2ccccc2)=C(c2ccc(C)cc2)C1=O. The van der Waals surface area contributed by atoms with Gasteiger partial charge in [-0.15, -0.1) is 11.8 Å². The molecular weight excluding hydrogens is 358 g/mol. The van der Waals surface area contributed by atoms with Gasteiger partial charge in [0.05, 0.1) is 10.5 Å². The van der Waals surface area contributed by atoms with Crippen molar-refractivity contribution in [1.29, 1.82) is 0 Å². The quantitative estimate of drug-likeness (QED) is 0.511. The Morgan fingerprint density at radius 2 is 1.67 bits per heavy atom. The van der Waals surface area contributed by atoms with Gasteiger partial charge in [-0.25, -0.2) is 0 Å². The number of methoxy groups -OCH3 is 1. The highest BCUT2D eigenvalue weighted by atomic mass is 32.2. The first-order chi connectivity index (χ1) is 13.1. The molecule has 0 aromatic heterocycles. The number of amides is 2. The van der Waals surface area contributed by atoms with Crippen LogP contribution in [-0.2, 0) is 20.1 Å². The summed E-state index contributed by atoms with van der Waals surface area (Å²) in [4.78, 5) is 27.9. The van der Waals surface area contributed by atoms with E-state index in [1.54, 1.807) is 7.11 Å². The molecule has 1 aliphatic heterocycles. The van der Waals surface area contributed by atoms with Gasteiger partial charge >= 0.3 is 0 Å². The summed E-state index contributed by atoms with van der Waals surface area (Å²) in [5.74, 6) is 0.236. The molecule has 0 saturated carbocycles. The molecule has 2 amide bonds. The summed E-state index contributed by atoms with van der Waals surface area (Å²) in [6.07, 6.45) is 0.631. The van der Waals surface area contributed by atoms with Crippen LogP contribution in [0.2, 0.25) is 0 Å². The van der Waals surface area contributed by atoms with E-state index in [9.17, 15) is 9.59 Å². The van der Waals surface area contributed by atoms with Gasteiger partial charge < -0.3 is 4.74 Å². The molecule has 0 unspecified atom stereocenters. The third-order valence-corrected chi connectivity index (χ3v) is 5.57. The summed E-state index contributed by atoms with van der Waals surface area (Å²) < 4.78 is 5.06. The molecule has 0 spiro atoms. The van der Waals surface area contributed by atoms with Crippen LogP contribution in [0.3, 0.4) is 0 Å². The van der Waals surface area contributed by atoms with Gasteiger partial charge in [-0.1, -0.05) is 60.2 Å². The molecule has 0 aliphatic carbocycles. The average molecular weight is 381 g/mol. The zero-order valence-electron chi connectivity index (χ0n) is 15.6. The number of nitrogens with zero attached hydrogens (tertiary/aromatic N) is 1. The summed E-state index contributed by atoms with van der Waals surface area (Å²) in [6, 6.07) is 17.7. The highest BCUT2D eigenvalue weighted by Crippen LogP contribution is 2.37. The number of aryl methyl sites for hydroxylation is 1. The van der Waals surface area contributed by atoms with E-state index < -0.39 is 0 Å². The fourth-order valence-corrected chi connectivity index (χ4v) is 4.05. The maximum absolute atomic E-state index is 13.0. The van der Waals surface area contributed by atoms with E-state index in [4.69, 9.17) is 4.74 Å². The zero-order valence-corrected chi connectivity index (χ0v) is 16.4. The normalized spacial score (nSPS) is 14.4. The largest absolute Gasteiger partial charge is 0.385 e. The predicted molar refractivity (Wildman–Crippen MR) is 109 cm³/mol. The number of imide groups is 1. The summed E-state index contributed by atoms with van der Waals surface area (Å²) in [5, 5.41) is 0. The zero-order chi connectivity index (χ0) is 19.2. The van der Waals surface area contributed by atoms with Crippen molar-refractivity contribution in [2.24, 2.45) is 0 Å². The van der Waals surface area contributed by atoms with E-state index in [1.807, 2.05) is 61.5 Å². The Bertz CT molecular complexity index is 844. The smallest absolute Gasteiger partial charge is 0.267 e. The topological polar surface area (TPSA) is 46.6 Å². The van der Waals surface area contributed by atoms with Crippen LogP contribution in [0.25, 0.3) is 5.57 Å². The Hall–Kier alpha value is -2.37. The maximum Gasteiger partial charge on any atom is 0.267 e. The second-order valence-corrected chi connectivity index (χ2v) is 7.44. The fraction of sp³-hybridized carbons (Fsp3) is 0.273. The minimum Gasteiger partial charge on any atom is -0.385 e. The molecular formula is C22H23NO3S. The van der Waals surface area contributed by atoms with E-state index in [-0.39, 0.29) is 11.8 Å². The van der Waals surface area contributed by atoms with E-state index in [2.05, 4.69) is 0 Å². The standard InChI is InChI=1S/C22H23NO3S/c1-16-9-11-18(12-10-16)19-20(27-15-17-7-4-3-5-8-17)22(25)23(21(19)24)13-6-14-26-2/h3-5,7-12H,6,13-15H2,1-2H3. The van der Waals surface area contributed by atoms with Crippen LogP contribution < -0.4 is 0 Å².